The molecule has 0 saturated heterocycles. The standard InChI is InChI=1S/C19H18N2O4S2/c1-21-14-9-15-16(25-11-24-15)10-17(14)27-19(21)20-18(22)7-8-26-13-5-3-12(23-2)4-6-13/h3-6,9-10H,7-8,11H2,1-2H3. The third kappa shape index (κ3) is 3.81. The van der Waals surface area contributed by atoms with Gasteiger partial charge in [0.05, 0.1) is 17.3 Å². The van der Waals surface area contributed by atoms with Crippen LogP contribution in [0.25, 0.3) is 10.2 Å². The number of benzene rings is 2. The first-order valence-electron chi connectivity index (χ1n) is 8.37. The summed E-state index contributed by atoms with van der Waals surface area (Å²) in [7, 11) is 3.54. The van der Waals surface area contributed by atoms with Crippen LogP contribution in [0.15, 0.2) is 46.3 Å². The Hall–Kier alpha value is -2.45. The van der Waals surface area contributed by atoms with Crippen LogP contribution >= 0.6 is 23.1 Å². The SMILES string of the molecule is COc1ccc(SCCC(=O)N=c2sc3cc4c(cc3n2C)OCO4)cc1. The Kier molecular flexibility index (Phi) is 5.09. The van der Waals surface area contributed by atoms with E-state index in [2.05, 4.69) is 4.99 Å². The molecule has 1 amide bonds. The van der Waals surface area contributed by atoms with Gasteiger partial charge in [-0.05, 0) is 24.3 Å². The van der Waals surface area contributed by atoms with Crippen LogP contribution in [-0.4, -0.2) is 30.1 Å². The van der Waals surface area contributed by atoms with Crippen LogP contribution in [0.5, 0.6) is 17.2 Å². The first-order valence-corrected chi connectivity index (χ1v) is 10.2. The smallest absolute Gasteiger partial charge is 0.249 e. The number of hydrogen-bond acceptors (Lipinski definition) is 6. The largest absolute Gasteiger partial charge is 0.497 e. The zero-order valence-electron chi connectivity index (χ0n) is 14.9. The van der Waals surface area contributed by atoms with Crippen LogP contribution in [0.3, 0.4) is 0 Å². The lowest BCUT2D eigenvalue weighted by Crippen LogP contribution is -2.13. The number of thiazole rings is 1. The molecule has 6 nitrogen and oxygen atoms in total. The molecule has 27 heavy (non-hydrogen) atoms. The molecule has 0 atom stereocenters. The van der Waals surface area contributed by atoms with Crippen LogP contribution in [0, 0.1) is 0 Å². The van der Waals surface area contributed by atoms with Gasteiger partial charge >= 0.3 is 0 Å². The molecule has 0 unspecified atom stereocenters. The molecule has 1 aliphatic rings. The molecular weight excluding hydrogens is 384 g/mol. The summed E-state index contributed by atoms with van der Waals surface area (Å²) in [5, 5.41) is 0. The first kappa shape index (κ1) is 17.9. The summed E-state index contributed by atoms with van der Waals surface area (Å²) >= 11 is 3.10. The van der Waals surface area contributed by atoms with Crippen molar-refractivity contribution in [3.05, 3.63) is 41.2 Å². The Morgan fingerprint density at radius 1 is 1.26 bits per heavy atom. The van der Waals surface area contributed by atoms with Gasteiger partial charge in [0.2, 0.25) is 12.7 Å². The zero-order valence-corrected chi connectivity index (χ0v) is 16.6. The number of nitrogens with zero attached hydrogens (tertiary/aromatic N) is 2. The summed E-state index contributed by atoms with van der Waals surface area (Å²) in [5.74, 6) is 2.84. The van der Waals surface area contributed by atoms with E-state index in [0.29, 0.717) is 17.0 Å². The average Bonchev–Trinajstić information content (AvgIpc) is 3.25. The average molecular weight is 402 g/mol. The molecule has 8 heteroatoms. The Morgan fingerprint density at radius 2 is 2.00 bits per heavy atom. The third-order valence-electron chi connectivity index (χ3n) is 4.17. The zero-order chi connectivity index (χ0) is 18.8. The molecule has 140 valence electrons. The van der Waals surface area contributed by atoms with E-state index >= 15 is 0 Å². The number of aryl methyl sites for hydroxylation is 1. The minimum absolute atomic E-state index is 0.127. The van der Waals surface area contributed by atoms with Crippen molar-refractivity contribution < 1.29 is 19.0 Å². The van der Waals surface area contributed by atoms with E-state index < -0.39 is 0 Å². The van der Waals surface area contributed by atoms with Gasteiger partial charge in [-0.15, -0.1) is 11.8 Å². The summed E-state index contributed by atoms with van der Waals surface area (Å²) in [6.45, 7) is 0.248. The van der Waals surface area contributed by atoms with Crippen molar-refractivity contribution >= 4 is 39.2 Å². The molecular formula is C19H18N2O4S2. The quantitative estimate of drug-likeness (QED) is 0.611. The van der Waals surface area contributed by atoms with Crippen LogP contribution in [0.2, 0.25) is 0 Å². The molecule has 0 N–H and O–H groups in total. The number of amides is 1. The second kappa shape index (κ2) is 7.66. The van der Waals surface area contributed by atoms with Crippen molar-refractivity contribution in [1.29, 1.82) is 0 Å². The van der Waals surface area contributed by atoms with Gasteiger partial charge in [-0.2, -0.15) is 4.99 Å². The fourth-order valence-electron chi connectivity index (χ4n) is 2.71. The number of ether oxygens (including phenoxy) is 3. The summed E-state index contributed by atoms with van der Waals surface area (Å²) in [5.41, 5.74) is 0.975. The highest BCUT2D eigenvalue weighted by atomic mass is 32.2. The highest BCUT2D eigenvalue weighted by molar-refractivity contribution is 7.99. The van der Waals surface area contributed by atoms with E-state index in [4.69, 9.17) is 14.2 Å². The number of aromatic nitrogens is 1. The lowest BCUT2D eigenvalue weighted by Gasteiger charge is -2.02. The molecule has 0 spiro atoms. The third-order valence-corrected chi connectivity index (χ3v) is 6.28. The van der Waals surface area contributed by atoms with Gasteiger partial charge in [-0.3, -0.25) is 4.79 Å². The molecule has 3 aromatic rings. The minimum atomic E-state index is -0.127. The van der Waals surface area contributed by atoms with Crippen molar-refractivity contribution in [3.8, 4) is 17.2 Å². The summed E-state index contributed by atoms with van der Waals surface area (Å²) in [6, 6.07) is 11.7. The van der Waals surface area contributed by atoms with E-state index in [9.17, 15) is 4.79 Å². The lowest BCUT2D eigenvalue weighted by atomic mass is 10.3. The Labute approximate surface area is 164 Å². The normalized spacial score (nSPS) is 13.3. The van der Waals surface area contributed by atoms with Gasteiger partial charge in [-0.25, -0.2) is 0 Å². The maximum atomic E-state index is 12.3. The molecule has 1 aliphatic heterocycles. The molecule has 0 bridgehead atoms. The summed E-state index contributed by atoms with van der Waals surface area (Å²) in [6.07, 6.45) is 0.383. The van der Waals surface area contributed by atoms with Crippen LogP contribution in [0.4, 0.5) is 0 Å². The number of carbonyl (C=O) groups is 1. The summed E-state index contributed by atoms with van der Waals surface area (Å²) in [4.78, 5) is 18.3. The van der Waals surface area contributed by atoms with E-state index in [1.165, 1.54) is 11.3 Å². The van der Waals surface area contributed by atoms with Gasteiger partial charge in [-0.1, -0.05) is 11.3 Å². The number of hydrogen-bond donors (Lipinski definition) is 0. The van der Waals surface area contributed by atoms with E-state index in [1.807, 2.05) is 48.0 Å². The highest BCUT2D eigenvalue weighted by Crippen LogP contribution is 2.36. The summed E-state index contributed by atoms with van der Waals surface area (Å²) < 4.78 is 18.9. The Balaban J connectivity index is 1.44. The predicted octanol–water partition coefficient (Wildman–Crippen LogP) is 3.59. The fourth-order valence-corrected chi connectivity index (χ4v) is 4.60. The van der Waals surface area contributed by atoms with Gasteiger partial charge < -0.3 is 18.8 Å². The van der Waals surface area contributed by atoms with Gasteiger partial charge in [0.1, 0.15) is 5.75 Å². The van der Waals surface area contributed by atoms with Crippen molar-refractivity contribution in [3.63, 3.8) is 0 Å². The Bertz CT molecular complexity index is 1050. The van der Waals surface area contributed by atoms with Gasteiger partial charge in [0.15, 0.2) is 16.3 Å². The van der Waals surface area contributed by atoms with E-state index in [-0.39, 0.29) is 12.7 Å². The number of methoxy groups -OCH3 is 1. The molecule has 0 radical (unpaired) electrons. The number of thioether (sulfide) groups is 1. The molecule has 2 aromatic carbocycles. The van der Waals surface area contributed by atoms with E-state index in [0.717, 1.165) is 32.4 Å². The number of fused-ring (bicyclic) bond motifs is 2. The van der Waals surface area contributed by atoms with Crippen LogP contribution in [-0.2, 0) is 11.8 Å². The highest BCUT2D eigenvalue weighted by Gasteiger charge is 2.16. The molecule has 2 heterocycles. The molecule has 4 rings (SSSR count). The second-order valence-corrected chi connectivity index (χ2v) is 8.07. The van der Waals surface area contributed by atoms with Crippen LogP contribution in [0.1, 0.15) is 6.42 Å². The van der Waals surface area contributed by atoms with Crippen molar-refractivity contribution in [2.75, 3.05) is 19.7 Å². The van der Waals surface area contributed by atoms with Crippen molar-refractivity contribution in [2.45, 2.75) is 11.3 Å². The molecule has 0 aliphatic carbocycles. The fraction of sp³-hybridized carbons (Fsp3) is 0.263. The Morgan fingerprint density at radius 3 is 2.74 bits per heavy atom. The first-order chi connectivity index (χ1) is 13.1. The van der Waals surface area contributed by atoms with Crippen molar-refractivity contribution in [1.82, 2.24) is 4.57 Å². The maximum absolute atomic E-state index is 12.3. The van der Waals surface area contributed by atoms with E-state index in [1.54, 1.807) is 18.9 Å². The predicted molar refractivity (Wildman–Crippen MR) is 106 cm³/mol. The van der Waals surface area contributed by atoms with Gasteiger partial charge in [0.25, 0.3) is 0 Å². The monoisotopic (exact) mass is 402 g/mol. The topological polar surface area (TPSA) is 62.0 Å². The van der Waals surface area contributed by atoms with Gasteiger partial charge in [0, 0.05) is 36.2 Å². The number of rotatable bonds is 5. The maximum Gasteiger partial charge on any atom is 0.249 e. The number of carbonyl (C=O) groups excluding carboxylic acids is 1. The molecule has 1 aromatic heterocycles. The second-order valence-electron chi connectivity index (χ2n) is 5.90. The minimum Gasteiger partial charge on any atom is -0.497 e. The molecule has 0 saturated carbocycles. The van der Waals surface area contributed by atoms with Crippen molar-refractivity contribution in [2.24, 2.45) is 12.0 Å². The molecule has 0 fully saturated rings. The van der Waals surface area contributed by atoms with Crippen LogP contribution < -0.4 is 19.0 Å². The lowest BCUT2D eigenvalue weighted by molar-refractivity contribution is -0.117.